The molecule has 0 spiro atoms. The van der Waals surface area contributed by atoms with Crippen molar-refractivity contribution in [3.63, 3.8) is 0 Å². The van der Waals surface area contributed by atoms with Gasteiger partial charge in [0.15, 0.2) is 10.7 Å². The lowest BCUT2D eigenvalue weighted by Crippen LogP contribution is -2.34. The number of oxazole rings is 1. The third-order valence-corrected chi connectivity index (χ3v) is 5.42. The van der Waals surface area contributed by atoms with Crippen LogP contribution in [0.5, 0.6) is 5.75 Å². The van der Waals surface area contributed by atoms with Gasteiger partial charge in [0.25, 0.3) is 5.91 Å². The summed E-state index contributed by atoms with van der Waals surface area (Å²) < 4.78 is 11.5. The molecular weight excluding hydrogens is 434 g/mol. The molecule has 1 aromatic heterocycles. The lowest BCUT2D eigenvalue weighted by Gasteiger charge is -2.13. The van der Waals surface area contributed by atoms with E-state index < -0.39 is 0 Å². The molecule has 0 aliphatic heterocycles. The van der Waals surface area contributed by atoms with Crippen molar-refractivity contribution in [3.8, 4) is 17.2 Å². The number of nitrogens with zero attached hydrogens (tertiary/aromatic N) is 1. The number of aromatic nitrogens is 1. The van der Waals surface area contributed by atoms with Crippen LogP contribution in [-0.4, -0.2) is 22.6 Å². The van der Waals surface area contributed by atoms with Gasteiger partial charge in [-0.3, -0.25) is 10.1 Å². The lowest BCUT2D eigenvalue weighted by atomic mass is 10.1. The summed E-state index contributed by atoms with van der Waals surface area (Å²) in [6, 6.07) is 20.4. The minimum Gasteiger partial charge on any atom is -0.494 e. The van der Waals surface area contributed by atoms with Gasteiger partial charge in [0, 0.05) is 16.8 Å². The zero-order chi connectivity index (χ0) is 23.2. The van der Waals surface area contributed by atoms with Crippen molar-refractivity contribution in [1.82, 2.24) is 10.3 Å². The molecule has 7 heteroatoms. The van der Waals surface area contributed by atoms with E-state index in [-0.39, 0.29) is 11.0 Å². The zero-order valence-electron chi connectivity index (χ0n) is 18.6. The second kappa shape index (κ2) is 10.3. The van der Waals surface area contributed by atoms with Crippen LogP contribution in [0.3, 0.4) is 0 Å². The second-order valence-corrected chi connectivity index (χ2v) is 8.01. The number of amides is 1. The summed E-state index contributed by atoms with van der Waals surface area (Å²) in [5.41, 5.74) is 4.56. The Hall–Kier alpha value is -3.71. The van der Waals surface area contributed by atoms with Crippen molar-refractivity contribution in [2.45, 2.75) is 26.7 Å². The van der Waals surface area contributed by atoms with Crippen molar-refractivity contribution in [1.29, 1.82) is 0 Å². The van der Waals surface area contributed by atoms with E-state index >= 15 is 0 Å². The van der Waals surface area contributed by atoms with E-state index in [1.807, 2.05) is 49.4 Å². The minimum absolute atomic E-state index is 0.209. The Labute approximate surface area is 198 Å². The van der Waals surface area contributed by atoms with Gasteiger partial charge in [-0.15, -0.1) is 0 Å². The molecule has 0 aliphatic rings. The van der Waals surface area contributed by atoms with Crippen LogP contribution in [-0.2, 0) is 0 Å². The van der Waals surface area contributed by atoms with Gasteiger partial charge < -0.3 is 14.5 Å². The van der Waals surface area contributed by atoms with Gasteiger partial charge in [0.05, 0.1) is 6.61 Å². The number of ether oxygens (including phenoxy) is 1. The van der Waals surface area contributed by atoms with Gasteiger partial charge in [-0.25, -0.2) is 4.98 Å². The second-order valence-electron chi connectivity index (χ2n) is 7.60. The summed E-state index contributed by atoms with van der Waals surface area (Å²) in [4.78, 5) is 17.2. The highest BCUT2D eigenvalue weighted by Gasteiger charge is 2.14. The van der Waals surface area contributed by atoms with Crippen LogP contribution in [0, 0.1) is 6.92 Å². The number of hydrogen-bond acceptors (Lipinski definition) is 5. The molecule has 6 nitrogen and oxygen atoms in total. The minimum atomic E-state index is -0.291. The highest BCUT2D eigenvalue weighted by Crippen LogP contribution is 2.30. The molecule has 0 atom stereocenters. The highest BCUT2D eigenvalue weighted by atomic mass is 32.1. The van der Waals surface area contributed by atoms with Crippen LogP contribution >= 0.6 is 12.2 Å². The van der Waals surface area contributed by atoms with Gasteiger partial charge >= 0.3 is 0 Å². The predicted octanol–water partition coefficient (Wildman–Crippen LogP) is 6.11. The number of rotatable bonds is 7. The van der Waals surface area contributed by atoms with Gasteiger partial charge in [-0.1, -0.05) is 31.5 Å². The van der Waals surface area contributed by atoms with Crippen molar-refractivity contribution >= 4 is 40.0 Å². The predicted molar refractivity (Wildman–Crippen MR) is 135 cm³/mol. The summed E-state index contributed by atoms with van der Waals surface area (Å²) >= 11 is 5.37. The summed E-state index contributed by atoms with van der Waals surface area (Å²) in [7, 11) is 0. The molecule has 0 fully saturated rings. The van der Waals surface area contributed by atoms with E-state index in [0.29, 0.717) is 18.1 Å². The number of thiocarbonyl (C=S) groups is 1. The summed E-state index contributed by atoms with van der Waals surface area (Å²) in [5, 5.41) is 6.04. The number of fused-ring (bicyclic) bond motifs is 1. The van der Waals surface area contributed by atoms with Gasteiger partial charge in [0.1, 0.15) is 11.3 Å². The number of carbonyl (C=O) groups excluding carboxylic acids is 1. The maximum Gasteiger partial charge on any atom is 0.257 e. The molecule has 0 saturated carbocycles. The molecule has 1 amide bonds. The van der Waals surface area contributed by atoms with E-state index in [1.165, 1.54) is 0 Å². The number of unbranched alkanes of at least 4 members (excludes halogenated alkanes) is 1. The van der Waals surface area contributed by atoms with Crippen molar-refractivity contribution < 1.29 is 13.9 Å². The number of hydrogen-bond donors (Lipinski definition) is 2. The fourth-order valence-electron chi connectivity index (χ4n) is 3.36. The molecule has 4 rings (SSSR count). The third kappa shape index (κ3) is 5.38. The Morgan fingerprint density at radius 2 is 1.85 bits per heavy atom. The van der Waals surface area contributed by atoms with E-state index in [2.05, 4.69) is 22.5 Å². The van der Waals surface area contributed by atoms with Crippen molar-refractivity contribution in [2.75, 3.05) is 11.9 Å². The van der Waals surface area contributed by atoms with Crippen molar-refractivity contribution in [3.05, 3.63) is 77.9 Å². The number of nitrogens with one attached hydrogen (secondary N) is 2. The molecule has 33 heavy (non-hydrogen) atoms. The summed E-state index contributed by atoms with van der Waals surface area (Å²) in [5.74, 6) is 0.987. The normalized spacial score (nSPS) is 10.7. The number of anilines is 1. The summed E-state index contributed by atoms with van der Waals surface area (Å²) in [6.45, 7) is 4.73. The van der Waals surface area contributed by atoms with E-state index in [0.717, 1.165) is 46.5 Å². The summed E-state index contributed by atoms with van der Waals surface area (Å²) in [6.07, 6.45) is 2.07. The number of para-hydroxylation sites is 2. The zero-order valence-corrected chi connectivity index (χ0v) is 19.4. The van der Waals surface area contributed by atoms with Crippen LogP contribution in [0.25, 0.3) is 22.6 Å². The molecular formula is C26H25N3O3S. The van der Waals surface area contributed by atoms with Crippen LogP contribution in [0.4, 0.5) is 5.69 Å². The van der Waals surface area contributed by atoms with E-state index in [9.17, 15) is 4.79 Å². The first-order chi connectivity index (χ1) is 16.0. The van der Waals surface area contributed by atoms with Crippen LogP contribution in [0.2, 0.25) is 0 Å². The average molecular weight is 460 g/mol. The molecule has 0 radical (unpaired) electrons. The Morgan fingerprint density at radius 1 is 1.06 bits per heavy atom. The van der Waals surface area contributed by atoms with Crippen LogP contribution in [0.15, 0.2) is 71.1 Å². The maximum atomic E-state index is 12.6. The molecule has 2 N–H and O–H groups in total. The first kappa shape index (κ1) is 22.5. The molecule has 4 aromatic rings. The Bertz CT molecular complexity index is 1250. The molecule has 3 aromatic carbocycles. The molecule has 0 saturated heterocycles. The number of carbonyl (C=O) groups is 1. The SMILES string of the molecule is CCCCOc1ccc(C(=O)NC(=S)Nc2cccc(-c3nc4ccccc4o3)c2C)cc1. The van der Waals surface area contributed by atoms with Gasteiger partial charge in [-0.05, 0) is 79.7 Å². The Balaban J connectivity index is 1.42. The first-order valence-electron chi connectivity index (χ1n) is 10.9. The first-order valence-corrected chi connectivity index (χ1v) is 11.3. The van der Waals surface area contributed by atoms with E-state index in [4.69, 9.17) is 21.4 Å². The molecule has 0 bridgehead atoms. The molecule has 0 aliphatic carbocycles. The largest absolute Gasteiger partial charge is 0.494 e. The molecule has 168 valence electrons. The van der Waals surface area contributed by atoms with Crippen LogP contribution < -0.4 is 15.4 Å². The topological polar surface area (TPSA) is 76.4 Å². The van der Waals surface area contributed by atoms with Gasteiger partial charge in [-0.2, -0.15) is 0 Å². The lowest BCUT2D eigenvalue weighted by molar-refractivity contribution is 0.0977. The fraction of sp³-hybridized carbons (Fsp3) is 0.192. The third-order valence-electron chi connectivity index (χ3n) is 5.22. The number of benzene rings is 3. The quantitative estimate of drug-likeness (QED) is 0.257. The average Bonchev–Trinajstić information content (AvgIpc) is 3.25. The standard InChI is InChI=1S/C26H25N3O3S/c1-3-4-16-31-19-14-12-18(13-15-19)24(30)29-26(33)28-21-10-7-8-20(17(21)2)25-27-22-9-5-6-11-23(22)32-25/h5-15H,3-4,16H2,1-2H3,(H2,28,29,30,33). The highest BCUT2D eigenvalue weighted by molar-refractivity contribution is 7.80. The Kier molecular flexibility index (Phi) is 7.00. The smallest absolute Gasteiger partial charge is 0.257 e. The van der Waals surface area contributed by atoms with E-state index in [1.54, 1.807) is 24.3 Å². The molecule has 0 unspecified atom stereocenters. The van der Waals surface area contributed by atoms with Crippen molar-refractivity contribution in [2.24, 2.45) is 0 Å². The monoisotopic (exact) mass is 459 g/mol. The van der Waals surface area contributed by atoms with Crippen LogP contribution in [0.1, 0.15) is 35.7 Å². The Morgan fingerprint density at radius 3 is 2.61 bits per heavy atom. The maximum absolute atomic E-state index is 12.6. The van der Waals surface area contributed by atoms with Gasteiger partial charge in [0.2, 0.25) is 5.89 Å². The molecule has 1 heterocycles. The fourth-order valence-corrected chi connectivity index (χ4v) is 3.56.